The van der Waals surface area contributed by atoms with Crippen molar-refractivity contribution in [2.75, 3.05) is 20.1 Å². The third-order valence-electron chi connectivity index (χ3n) is 1.44. The van der Waals surface area contributed by atoms with Crippen molar-refractivity contribution in [1.29, 1.82) is 0 Å². The largest absolute Gasteiger partial charge is 0.465 e. The molecule has 0 aromatic heterocycles. The van der Waals surface area contributed by atoms with Gasteiger partial charge in [0.1, 0.15) is 5.60 Å². The predicted octanol–water partition coefficient (Wildman–Crippen LogP) is 1.12. The second-order valence-electron chi connectivity index (χ2n) is 4.13. The summed E-state index contributed by atoms with van der Waals surface area (Å²) in [4.78, 5) is 22.6. The number of carbonyl (C=O) groups is 2. The highest BCUT2D eigenvalue weighted by molar-refractivity contribution is 5.68. The molecule has 0 unspecified atom stereocenters. The summed E-state index contributed by atoms with van der Waals surface area (Å²) in [6.45, 7) is 5.74. The zero-order chi connectivity index (χ0) is 12.1. The number of nitrogens with zero attached hydrogens (tertiary/aromatic N) is 1. The number of hydrogen-bond donors (Lipinski definition) is 2. The molecule has 0 aromatic carbocycles. The second-order valence-corrected chi connectivity index (χ2v) is 4.13. The summed E-state index contributed by atoms with van der Waals surface area (Å²) in [6.07, 6.45) is -1.57. The van der Waals surface area contributed by atoms with Crippen LogP contribution in [0.15, 0.2) is 0 Å². The number of nitrogens with one attached hydrogen (secondary N) is 1. The molecule has 0 bridgehead atoms. The lowest BCUT2D eigenvalue weighted by Crippen LogP contribution is -2.38. The maximum absolute atomic E-state index is 11.1. The fourth-order valence-corrected chi connectivity index (χ4v) is 0.735. The molecule has 88 valence electrons. The molecule has 0 radical (unpaired) electrons. The average molecular weight is 218 g/mol. The minimum absolute atomic E-state index is 0.231. The molecule has 0 saturated carbocycles. The van der Waals surface area contributed by atoms with E-state index in [0.717, 1.165) is 4.90 Å². The van der Waals surface area contributed by atoms with E-state index in [1.54, 1.807) is 20.8 Å². The molecule has 15 heavy (non-hydrogen) atoms. The summed E-state index contributed by atoms with van der Waals surface area (Å²) in [5.74, 6) is 0. The number of alkyl carbamates (subject to hydrolysis) is 1. The number of ether oxygens (including phenoxy) is 1. The standard InChI is InChI=1S/C9H18N2O4/c1-9(2,3)15-7(12)10-5-6-11(4)8(13)14/h5-6H2,1-4H3,(H,10,12)(H,13,14). The molecule has 2 amide bonds. The first-order valence-corrected chi connectivity index (χ1v) is 4.63. The van der Waals surface area contributed by atoms with Crippen LogP contribution in [0.4, 0.5) is 9.59 Å². The monoisotopic (exact) mass is 218 g/mol. The molecule has 0 spiro atoms. The quantitative estimate of drug-likeness (QED) is 0.744. The normalized spacial score (nSPS) is 10.7. The number of rotatable bonds is 3. The van der Waals surface area contributed by atoms with Crippen molar-refractivity contribution in [3.05, 3.63) is 0 Å². The lowest BCUT2D eigenvalue weighted by molar-refractivity contribution is 0.0522. The Morgan fingerprint density at radius 2 is 1.93 bits per heavy atom. The van der Waals surface area contributed by atoms with E-state index in [0.29, 0.717) is 0 Å². The number of likely N-dealkylation sites (N-methyl/N-ethyl adjacent to an activating group) is 1. The molecule has 2 N–H and O–H groups in total. The van der Waals surface area contributed by atoms with Gasteiger partial charge in [-0.3, -0.25) is 0 Å². The van der Waals surface area contributed by atoms with Crippen LogP contribution < -0.4 is 5.32 Å². The molecular weight excluding hydrogens is 200 g/mol. The van der Waals surface area contributed by atoms with E-state index in [1.807, 2.05) is 0 Å². The van der Waals surface area contributed by atoms with Gasteiger partial charge in [0.2, 0.25) is 0 Å². The third-order valence-corrected chi connectivity index (χ3v) is 1.44. The van der Waals surface area contributed by atoms with Crippen LogP contribution >= 0.6 is 0 Å². The van der Waals surface area contributed by atoms with Crippen molar-refractivity contribution < 1.29 is 19.4 Å². The van der Waals surface area contributed by atoms with E-state index < -0.39 is 17.8 Å². The Kier molecular flexibility index (Phi) is 4.90. The highest BCUT2D eigenvalue weighted by Crippen LogP contribution is 2.05. The number of carbonyl (C=O) groups excluding carboxylic acids is 1. The Bertz CT molecular complexity index is 235. The minimum atomic E-state index is -1.03. The van der Waals surface area contributed by atoms with E-state index in [9.17, 15) is 9.59 Å². The predicted molar refractivity (Wildman–Crippen MR) is 54.9 cm³/mol. The molecule has 6 nitrogen and oxygen atoms in total. The molecule has 0 heterocycles. The van der Waals surface area contributed by atoms with Gasteiger partial charge in [-0.15, -0.1) is 0 Å². The van der Waals surface area contributed by atoms with Gasteiger partial charge in [0, 0.05) is 20.1 Å². The summed E-state index contributed by atoms with van der Waals surface area (Å²) in [5.41, 5.74) is -0.539. The zero-order valence-corrected chi connectivity index (χ0v) is 9.53. The van der Waals surface area contributed by atoms with Gasteiger partial charge in [0.15, 0.2) is 0 Å². The lowest BCUT2D eigenvalue weighted by atomic mass is 10.2. The fourth-order valence-electron chi connectivity index (χ4n) is 0.735. The van der Waals surface area contributed by atoms with E-state index in [4.69, 9.17) is 9.84 Å². The van der Waals surface area contributed by atoms with Gasteiger partial charge in [0.25, 0.3) is 0 Å². The topological polar surface area (TPSA) is 78.9 Å². The van der Waals surface area contributed by atoms with Crippen LogP contribution in [0.2, 0.25) is 0 Å². The molecule has 0 aromatic rings. The number of carboxylic acid groups (broad SMARTS) is 1. The SMILES string of the molecule is CN(CCNC(=O)OC(C)(C)C)C(=O)O. The van der Waals surface area contributed by atoms with Crippen LogP contribution in [0.1, 0.15) is 20.8 Å². The van der Waals surface area contributed by atoms with Gasteiger partial charge in [0.05, 0.1) is 0 Å². The Balaban J connectivity index is 3.69. The first kappa shape index (κ1) is 13.5. The maximum Gasteiger partial charge on any atom is 0.407 e. The minimum Gasteiger partial charge on any atom is -0.465 e. The van der Waals surface area contributed by atoms with Crippen molar-refractivity contribution >= 4 is 12.2 Å². The van der Waals surface area contributed by atoms with E-state index in [-0.39, 0.29) is 13.1 Å². The Morgan fingerprint density at radius 3 is 2.33 bits per heavy atom. The average Bonchev–Trinajstić information content (AvgIpc) is 2.00. The van der Waals surface area contributed by atoms with Crippen LogP contribution in [0.3, 0.4) is 0 Å². The first-order chi connectivity index (χ1) is 6.72. The molecule has 0 saturated heterocycles. The van der Waals surface area contributed by atoms with E-state index >= 15 is 0 Å². The molecule has 0 aliphatic heterocycles. The Labute approximate surface area is 89.2 Å². The smallest absolute Gasteiger partial charge is 0.407 e. The fraction of sp³-hybridized carbons (Fsp3) is 0.778. The van der Waals surface area contributed by atoms with Crippen LogP contribution in [0.5, 0.6) is 0 Å². The molecule has 0 aliphatic carbocycles. The van der Waals surface area contributed by atoms with Gasteiger partial charge in [-0.1, -0.05) is 0 Å². The van der Waals surface area contributed by atoms with Crippen molar-refractivity contribution in [3.8, 4) is 0 Å². The number of amides is 2. The highest BCUT2D eigenvalue weighted by Gasteiger charge is 2.15. The second kappa shape index (κ2) is 5.43. The zero-order valence-electron chi connectivity index (χ0n) is 9.53. The summed E-state index contributed by atoms with van der Waals surface area (Å²) in [6, 6.07) is 0. The summed E-state index contributed by atoms with van der Waals surface area (Å²) >= 11 is 0. The highest BCUT2D eigenvalue weighted by atomic mass is 16.6. The van der Waals surface area contributed by atoms with Crippen LogP contribution in [-0.4, -0.2) is 47.9 Å². The molecule has 6 heteroatoms. The van der Waals surface area contributed by atoms with Gasteiger partial charge in [-0.2, -0.15) is 0 Å². The van der Waals surface area contributed by atoms with Gasteiger partial charge >= 0.3 is 12.2 Å². The summed E-state index contributed by atoms with van der Waals surface area (Å²) in [5, 5.41) is 11.0. The summed E-state index contributed by atoms with van der Waals surface area (Å²) < 4.78 is 4.96. The summed E-state index contributed by atoms with van der Waals surface area (Å²) in [7, 11) is 1.43. The molecule has 0 atom stereocenters. The van der Waals surface area contributed by atoms with Crippen molar-refractivity contribution in [2.24, 2.45) is 0 Å². The molecule has 0 fully saturated rings. The molecule has 0 rings (SSSR count). The van der Waals surface area contributed by atoms with Gasteiger partial charge < -0.3 is 20.1 Å². The van der Waals surface area contributed by atoms with Crippen LogP contribution in [-0.2, 0) is 4.74 Å². The van der Waals surface area contributed by atoms with Crippen LogP contribution in [0, 0.1) is 0 Å². The Morgan fingerprint density at radius 1 is 1.40 bits per heavy atom. The van der Waals surface area contributed by atoms with Crippen molar-refractivity contribution in [1.82, 2.24) is 10.2 Å². The molecular formula is C9H18N2O4. The first-order valence-electron chi connectivity index (χ1n) is 4.63. The third kappa shape index (κ3) is 7.60. The van der Waals surface area contributed by atoms with Gasteiger partial charge in [-0.05, 0) is 20.8 Å². The Hall–Kier alpha value is -1.46. The van der Waals surface area contributed by atoms with Crippen LogP contribution in [0.25, 0.3) is 0 Å². The van der Waals surface area contributed by atoms with E-state index in [2.05, 4.69) is 5.32 Å². The number of hydrogen-bond acceptors (Lipinski definition) is 3. The molecule has 0 aliphatic rings. The van der Waals surface area contributed by atoms with E-state index in [1.165, 1.54) is 7.05 Å². The van der Waals surface area contributed by atoms with Crippen molar-refractivity contribution in [2.45, 2.75) is 26.4 Å². The van der Waals surface area contributed by atoms with Gasteiger partial charge in [-0.25, -0.2) is 9.59 Å². The van der Waals surface area contributed by atoms with Crippen molar-refractivity contribution in [3.63, 3.8) is 0 Å². The maximum atomic E-state index is 11.1. The lowest BCUT2D eigenvalue weighted by Gasteiger charge is -2.20.